The summed E-state index contributed by atoms with van der Waals surface area (Å²) in [6, 6.07) is 4.55. The van der Waals surface area contributed by atoms with Crippen LogP contribution in [0.1, 0.15) is 63.2 Å². The first-order valence-corrected chi connectivity index (χ1v) is 12.7. The number of para-hydroxylation sites is 1. The monoisotopic (exact) mass is 502 g/mol. The Balaban J connectivity index is 1.82. The lowest BCUT2D eigenvalue weighted by atomic mass is 10.0. The van der Waals surface area contributed by atoms with Crippen molar-refractivity contribution in [2.24, 2.45) is 5.92 Å². The molecule has 0 saturated carbocycles. The van der Waals surface area contributed by atoms with Gasteiger partial charge in [-0.3, -0.25) is 19.2 Å². The van der Waals surface area contributed by atoms with Crippen molar-refractivity contribution < 1.29 is 29.0 Å². The van der Waals surface area contributed by atoms with Crippen LogP contribution in [0.25, 0.3) is 0 Å². The van der Waals surface area contributed by atoms with Gasteiger partial charge < -0.3 is 30.7 Å². The third kappa shape index (κ3) is 7.68. The predicted molar refractivity (Wildman–Crippen MR) is 133 cm³/mol. The molecule has 1 aromatic carbocycles. The van der Waals surface area contributed by atoms with E-state index >= 15 is 0 Å². The van der Waals surface area contributed by atoms with Crippen molar-refractivity contribution in [3.8, 4) is 5.75 Å². The molecule has 0 aliphatic carbocycles. The van der Waals surface area contributed by atoms with E-state index in [0.29, 0.717) is 38.1 Å². The average molecular weight is 503 g/mol. The van der Waals surface area contributed by atoms with Crippen LogP contribution in [-0.4, -0.2) is 77.6 Å². The van der Waals surface area contributed by atoms with Crippen molar-refractivity contribution in [2.75, 3.05) is 19.7 Å². The van der Waals surface area contributed by atoms with E-state index in [-0.39, 0.29) is 48.8 Å². The average Bonchev–Trinajstić information content (AvgIpc) is 2.84. The molecule has 4 N–H and O–H groups in total. The minimum Gasteiger partial charge on any atom is -0.491 e. The molecule has 0 spiro atoms. The fourth-order valence-corrected chi connectivity index (χ4v) is 4.40. The van der Waals surface area contributed by atoms with Gasteiger partial charge in [-0.15, -0.1) is 0 Å². The van der Waals surface area contributed by atoms with E-state index in [0.717, 1.165) is 0 Å². The number of aliphatic hydroxyl groups excluding tert-OH is 1. The van der Waals surface area contributed by atoms with Crippen molar-refractivity contribution in [1.82, 2.24) is 20.9 Å². The molecule has 2 aliphatic heterocycles. The molecular formula is C26H38N4O6. The normalized spacial score (nSPS) is 24.3. The first-order chi connectivity index (χ1) is 17.1. The van der Waals surface area contributed by atoms with Crippen LogP contribution in [0.4, 0.5) is 0 Å². The molecule has 1 aromatic rings. The molecule has 4 amide bonds. The zero-order valence-electron chi connectivity index (χ0n) is 21.3. The summed E-state index contributed by atoms with van der Waals surface area (Å²) in [6.45, 7) is 6.78. The number of fused-ring (bicyclic) bond motifs is 1. The highest BCUT2D eigenvalue weighted by atomic mass is 16.5. The molecular weight excluding hydrogens is 464 g/mol. The van der Waals surface area contributed by atoms with E-state index in [1.807, 2.05) is 13.8 Å². The number of benzene rings is 1. The van der Waals surface area contributed by atoms with Crippen molar-refractivity contribution >= 4 is 23.6 Å². The molecule has 3 atom stereocenters. The summed E-state index contributed by atoms with van der Waals surface area (Å²) in [6.07, 6.45) is 1.18. The first kappa shape index (κ1) is 27.4. The van der Waals surface area contributed by atoms with Gasteiger partial charge in [-0.05, 0) is 50.7 Å². The molecule has 2 aliphatic rings. The molecule has 2 heterocycles. The Morgan fingerprint density at radius 1 is 1.06 bits per heavy atom. The van der Waals surface area contributed by atoms with Crippen LogP contribution in [0.3, 0.4) is 0 Å². The minimum absolute atomic E-state index is 0.0463. The molecule has 0 unspecified atom stereocenters. The van der Waals surface area contributed by atoms with Crippen molar-refractivity contribution in [2.45, 2.75) is 77.1 Å². The summed E-state index contributed by atoms with van der Waals surface area (Å²) < 4.78 is 5.83. The summed E-state index contributed by atoms with van der Waals surface area (Å²) >= 11 is 0. The van der Waals surface area contributed by atoms with Gasteiger partial charge in [-0.2, -0.15) is 0 Å². The maximum atomic E-state index is 13.3. The van der Waals surface area contributed by atoms with E-state index in [1.165, 1.54) is 0 Å². The Hall–Kier alpha value is -3.14. The smallest absolute Gasteiger partial charge is 0.255 e. The van der Waals surface area contributed by atoms with Gasteiger partial charge >= 0.3 is 0 Å². The third-order valence-electron chi connectivity index (χ3n) is 6.44. The lowest BCUT2D eigenvalue weighted by Crippen LogP contribution is -2.55. The van der Waals surface area contributed by atoms with Crippen molar-refractivity contribution in [1.29, 1.82) is 0 Å². The number of carbonyl (C=O) groups excluding carboxylic acids is 4. The quantitative estimate of drug-likeness (QED) is 0.474. The molecule has 1 saturated heterocycles. The Bertz CT molecular complexity index is 944. The van der Waals surface area contributed by atoms with Crippen LogP contribution >= 0.6 is 0 Å². The molecule has 10 nitrogen and oxygen atoms in total. The Kier molecular flexibility index (Phi) is 9.69. The fourth-order valence-electron chi connectivity index (χ4n) is 4.40. The van der Waals surface area contributed by atoms with Gasteiger partial charge in [0.2, 0.25) is 17.7 Å². The summed E-state index contributed by atoms with van der Waals surface area (Å²) in [5, 5.41) is 18.1. The summed E-state index contributed by atoms with van der Waals surface area (Å²) in [5.41, 5.74) is 0.267. The second-order valence-corrected chi connectivity index (χ2v) is 10.1. The van der Waals surface area contributed by atoms with E-state index in [9.17, 15) is 24.3 Å². The number of rotatable bonds is 5. The first-order valence-electron chi connectivity index (χ1n) is 12.7. The summed E-state index contributed by atoms with van der Waals surface area (Å²) in [5.74, 6) is -0.996. The van der Waals surface area contributed by atoms with E-state index in [1.54, 1.807) is 36.1 Å². The number of carbonyl (C=O) groups is 4. The summed E-state index contributed by atoms with van der Waals surface area (Å²) in [7, 11) is 0. The molecule has 3 rings (SSSR count). The highest BCUT2D eigenvalue weighted by molar-refractivity contribution is 6.00. The second kappa shape index (κ2) is 12.7. The van der Waals surface area contributed by atoms with Crippen LogP contribution in [-0.2, 0) is 14.4 Å². The standard InChI is InChI=1S/C26H38N4O6/c1-16(2)14-21-26(35)27-17(3)15-36-22-7-5-4-6-19(22)24(33)28-20(25(34)29-21)8-9-23(32)30-12-10-18(31)11-13-30/h4-7,16-18,20-21,31H,8-15H2,1-3H3,(H,27,35)(H,28,33)(H,29,34)/t17-,20-,21-/m0/s1. The maximum Gasteiger partial charge on any atom is 0.255 e. The van der Waals surface area contributed by atoms with Crippen LogP contribution in [0.15, 0.2) is 24.3 Å². The number of hydrogen-bond acceptors (Lipinski definition) is 6. The SMILES string of the molecule is CC(C)C[C@@H]1NC(=O)[C@H](CCC(=O)N2CCC(O)CC2)NC(=O)c2ccccc2OC[C@H](C)NC1=O. The lowest BCUT2D eigenvalue weighted by molar-refractivity contribution is -0.134. The molecule has 10 heteroatoms. The van der Waals surface area contributed by atoms with E-state index in [2.05, 4.69) is 16.0 Å². The summed E-state index contributed by atoms with van der Waals surface area (Å²) in [4.78, 5) is 53.9. The minimum atomic E-state index is -1.02. The number of piperidine rings is 1. The molecule has 0 radical (unpaired) electrons. The third-order valence-corrected chi connectivity index (χ3v) is 6.44. The molecule has 36 heavy (non-hydrogen) atoms. The highest BCUT2D eigenvalue weighted by Gasteiger charge is 2.31. The Labute approximate surface area is 212 Å². The van der Waals surface area contributed by atoms with Crippen LogP contribution in [0.2, 0.25) is 0 Å². The van der Waals surface area contributed by atoms with E-state index < -0.39 is 30.0 Å². The highest BCUT2D eigenvalue weighted by Crippen LogP contribution is 2.20. The molecule has 0 aromatic heterocycles. The number of aliphatic hydroxyl groups is 1. The van der Waals surface area contributed by atoms with Crippen molar-refractivity contribution in [3.63, 3.8) is 0 Å². The number of likely N-dealkylation sites (tertiary alicyclic amines) is 1. The number of amides is 4. The number of nitrogens with zero attached hydrogens (tertiary/aromatic N) is 1. The topological polar surface area (TPSA) is 137 Å². The number of hydrogen-bond donors (Lipinski definition) is 4. The van der Waals surface area contributed by atoms with Gasteiger partial charge in [0.15, 0.2) is 0 Å². The molecule has 1 fully saturated rings. The lowest BCUT2D eigenvalue weighted by Gasteiger charge is -2.30. The van der Waals surface area contributed by atoms with Crippen LogP contribution < -0.4 is 20.7 Å². The molecule has 0 bridgehead atoms. The van der Waals surface area contributed by atoms with Crippen molar-refractivity contribution in [3.05, 3.63) is 29.8 Å². The Morgan fingerprint density at radius 3 is 2.42 bits per heavy atom. The van der Waals surface area contributed by atoms with E-state index in [4.69, 9.17) is 4.74 Å². The zero-order chi connectivity index (χ0) is 26.2. The predicted octanol–water partition coefficient (Wildman–Crippen LogP) is 0.977. The van der Waals surface area contributed by atoms with Gasteiger partial charge in [0.05, 0.1) is 17.7 Å². The number of ether oxygens (including phenoxy) is 1. The largest absolute Gasteiger partial charge is 0.491 e. The van der Waals surface area contributed by atoms with Crippen LogP contribution in [0.5, 0.6) is 5.75 Å². The second-order valence-electron chi connectivity index (χ2n) is 10.1. The zero-order valence-corrected chi connectivity index (χ0v) is 21.3. The fraction of sp³-hybridized carbons (Fsp3) is 0.615. The number of nitrogens with one attached hydrogen (secondary N) is 3. The van der Waals surface area contributed by atoms with Gasteiger partial charge in [0, 0.05) is 19.5 Å². The van der Waals surface area contributed by atoms with Gasteiger partial charge in [-0.1, -0.05) is 26.0 Å². The van der Waals surface area contributed by atoms with Gasteiger partial charge in [-0.25, -0.2) is 0 Å². The van der Waals surface area contributed by atoms with Crippen LogP contribution in [0, 0.1) is 5.92 Å². The van der Waals surface area contributed by atoms with Gasteiger partial charge in [0.25, 0.3) is 5.91 Å². The Morgan fingerprint density at radius 2 is 1.72 bits per heavy atom. The molecule has 198 valence electrons. The van der Waals surface area contributed by atoms with Gasteiger partial charge in [0.1, 0.15) is 24.4 Å². The maximum absolute atomic E-state index is 13.3.